The first-order valence-corrected chi connectivity index (χ1v) is 4.48. The van der Waals surface area contributed by atoms with Gasteiger partial charge < -0.3 is 4.74 Å². The topological polar surface area (TPSA) is 36.3 Å². The van der Waals surface area contributed by atoms with Crippen molar-refractivity contribution < 1.29 is 4.74 Å². The van der Waals surface area contributed by atoms with Gasteiger partial charge in [0.25, 0.3) is 0 Å². The molecule has 1 aliphatic rings. The van der Waals surface area contributed by atoms with E-state index in [1.165, 1.54) is 12.8 Å². The molecule has 3 nitrogen and oxygen atoms in total. The summed E-state index contributed by atoms with van der Waals surface area (Å²) in [7, 11) is 1.74. The maximum absolute atomic E-state index is 8.43. The maximum atomic E-state index is 8.43. The van der Waals surface area contributed by atoms with Gasteiger partial charge in [0.05, 0.1) is 12.7 Å². The van der Waals surface area contributed by atoms with Gasteiger partial charge in [-0.15, -0.1) is 0 Å². The van der Waals surface area contributed by atoms with Gasteiger partial charge in [0, 0.05) is 26.1 Å². The van der Waals surface area contributed by atoms with Crippen molar-refractivity contribution in [3.05, 3.63) is 0 Å². The van der Waals surface area contributed by atoms with Gasteiger partial charge in [-0.25, -0.2) is 0 Å². The van der Waals surface area contributed by atoms with E-state index in [0.29, 0.717) is 12.5 Å². The molecule has 0 aromatic heterocycles. The van der Waals surface area contributed by atoms with Crippen LogP contribution in [0.25, 0.3) is 0 Å². The molecule has 3 heteroatoms. The highest BCUT2D eigenvalue weighted by atomic mass is 16.5. The number of likely N-dealkylation sites (tertiary alicyclic amines) is 1. The lowest BCUT2D eigenvalue weighted by Gasteiger charge is -2.22. The molecule has 0 aromatic carbocycles. The van der Waals surface area contributed by atoms with E-state index in [-0.39, 0.29) is 0 Å². The fraction of sp³-hybridized carbons (Fsp3) is 0.889. The molecule has 0 saturated carbocycles. The van der Waals surface area contributed by atoms with Crippen LogP contribution in [0.1, 0.15) is 19.3 Å². The SMILES string of the molecule is COC[C@H]1CCCN1CCC#N. The second kappa shape index (κ2) is 5.13. The molecule has 1 rings (SSSR count). The lowest BCUT2D eigenvalue weighted by atomic mass is 10.2. The summed E-state index contributed by atoms with van der Waals surface area (Å²) in [5, 5.41) is 8.43. The average molecular weight is 168 g/mol. The Bertz CT molecular complexity index is 164. The van der Waals surface area contributed by atoms with E-state index in [1.54, 1.807) is 7.11 Å². The molecule has 0 spiro atoms. The summed E-state index contributed by atoms with van der Waals surface area (Å²) in [5.41, 5.74) is 0. The molecule has 0 aliphatic carbocycles. The molecule has 1 heterocycles. The van der Waals surface area contributed by atoms with Crippen LogP contribution >= 0.6 is 0 Å². The van der Waals surface area contributed by atoms with Crippen LogP contribution in [-0.2, 0) is 4.74 Å². The number of nitrogens with zero attached hydrogens (tertiary/aromatic N) is 2. The van der Waals surface area contributed by atoms with Crippen LogP contribution in [0, 0.1) is 11.3 Å². The number of ether oxygens (including phenoxy) is 1. The quantitative estimate of drug-likeness (QED) is 0.628. The molecule has 0 amide bonds. The highest BCUT2D eigenvalue weighted by Crippen LogP contribution is 2.16. The van der Waals surface area contributed by atoms with E-state index in [0.717, 1.165) is 19.7 Å². The second-order valence-electron chi connectivity index (χ2n) is 3.20. The van der Waals surface area contributed by atoms with Crippen molar-refractivity contribution in [3.8, 4) is 6.07 Å². The van der Waals surface area contributed by atoms with Gasteiger partial charge in [0.1, 0.15) is 0 Å². The van der Waals surface area contributed by atoms with Gasteiger partial charge in [0.15, 0.2) is 0 Å². The Balaban J connectivity index is 2.26. The summed E-state index contributed by atoms with van der Waals surface area (Å²) in [6.07, 6.45) is 3.11. The first kappa shape index (κ1) is 9.50. The zero-order chi connectivity index (χ0) is 8.81. The Morgan fingerprint density at radius 3 is 3.17 bits per heavy atom. The largest absolute Gasteiger partial charge is 0.383 e. The first-order valence-electron chi connectivity index (χ1n) is 4.48. The molecule has 12 heavy (non-hydrogen) atoms. The van der Waals surface area contributed by atoms with Crippen molar-refractivity contribution in [2.24, 2.45) is 0 Å². The third kappa shape index (κ3) is 2.47. The molecular formula is C9H16N2O. The van der Waals surface area contributed by atoms with Crippen molar-refractivity contribution in [1.29, 1.82) is 5.26 Å². The van der Waals surface area contributed by atoms with Gasteiger partial charge in [-0.1, -0.05) is 0 Å². The fourth-order valence-corrected chi connectivity index (χ4v) is 1.76. The van der Waals surface area contributed by atoms with Crippen LogP contribution in [0.4, 0.5) is 0 Å². The highest BCUT2D eigenvalue weighted by molar-refractivity contribution is 4.81. The van der Waals surface area contributed by atoms with E-state index < -0.39 is 0 Å². The van der Waals surface area contributed by atoms with Gasteiger partial charge >= 0.3 is 0 Å². The van der Waals surface area contributed by atoms with Crippen LogP contribution in [0.2, 0.25) is 0 Å². The lowest BCUT2D eigenvalue weighted by molar-refractivity contribution is 0.117. The van der Waals surface area contributed by atoms with Gasteiger partial charge in [-0.2, -0.15) is 5.26 Å². The van der Waals surface area contributed by atoms with Crippen LogP contribution in [0.5, 0.6) is 0 Å². The van der Waals surface area contributed by atoms with Crippen LogP contribution in [0.15, 0.2) is 0 Å². The van der Waals surface area contributed by atoms with E-state index in [1.807, 2.05) is 0 Å². The molecule has 0 N–H and O–H groups in total. The maximum Gasteiger partial charge on any atom is 0.0635 e. The monoisotopic (exact) mass is 168 g/mol. The average Bonchev–Trinajstić information content (AvgIpc) is 2.50. The summed E-state index contributed by atoms with van der Waals surface area (Å²) in [6.45, 7) is 2.85. The summed E-state index contributed by atoms with van der Waals surface area (Å²) >= 11 is 0. The summed E-state index contributed by atoms with van der Waals surface area (Å²) in [5.74, 6) is 0. The summed E-state index contributed by atoms with van der Waals surface area (Å²) in [6, 6.07) is 2.73. The van der Waals surface area contributed by atoms with E-state index in [2.05, 4.69) is 11.0 Å². The molecular weight excluding hydrogens is 152 g/mol. The summed E-state index contributed by atoms with van der Waals surface area (Å²) < 4.78 is 5.11. The van der Waals surface area contributed by atoms with Gasteiger partial charge in [-0.05, 0) is 19.4 Å². The Labute approximate surface area is 73.9 Å². The molecule has 1 aliphatic heterocycles. The minimum atomic E-state index is 0.559. The molecule has 1 atom stereocenters. The van der Waals surface area contributed by atoms with Crippen molar-refractivity contribution in [1.82, 2.24) is 4.90 Å². The zero-order valence-corrected chi connectivity index (χ0v) is 7.62. The van der Waals surface area contributed by atoms with Crippen molar-refractivity contribution in [3.63, 3.8) is 0 Å². The Morgan fingerprint density at radius 1 is 1.67 bits per heavy atom. The van der Waals surface area contributed by atoms with E-state index >= 15 is 0 Å². The molecule has 0 bridgehead atoms. The Morgan fingerprint density at radius 2 is 2.50 bits per heavy atom. The van der Waals surface area contributed by atoms with Crippen molar-refractivity contribution >= 4 is 0 Å². The number of nitriles is 1. The predicted octanol–water partition coefficient (Wildman–Crippen LogP) is 1.01. The number of rotatable bonds is 4. The predicted molar refractivity (Wildman–Crippen MR) is 46.7 cm³/mol. The first-order chi connectivity index (χ1) is 5.88. The smallest absolute Gasteiger partial charge is 0.0635 e. The van der Waals surface area contributed by atoms with Crippen LogP contribution in [0.3, 0.4) is 0 Å². The minimum Gasteiger partial charge on any atom is -0.383 e. The zero-order valence-electron chi connectivity index (χ0n) is 7.62. The fourth-order valence-electron chi connectivity index (χ4n) is 1.76. The van der Waals surface area contributed by atoms with Crippen molar-refractivity contribution in [2.75, 3.05) is 26.8 Å². The van der Waals surface area contributed by atoms with Crippen molar-refractivity contribution in [2.45, 2.75) is 25.3 Å². The van der Waals surface area contributed by atoms with Crippen LogP contribution < -0.4 is 0 Å². The lowest BCUT2D eigenvalue weighted by Crippen LogP contribution is -2.33. The van der Waals surface area contributed by atoms with Gasteiger partial charge in [-0.3, -0.25) is 4.90 Å². The van der Waals surface area contributed by atoms with Gasteiger partial charge in [0.2, 0.25) is 0 Å². The number of methoxy groups -OCH3 is 1. The second-order valence-corrected chi connectivity index (χ2v) is 3.20. The number of hydrogen-bond acceptors (Lipinski definition) is 3. The molecule has 0 unspecified atom stereocenters. The van der Waals surface area contributed by atoms with Crippen LogP contribution in [-0.4, -0.2) is 37.7 Å². The highest BCUT2D eigenvalue weighted by Gasteiger charge is 2.23. The van der Waals surface area contributed by atoms with E-state index in [4.69, 9.17) is 10.00 Å². The summed E-state index contributed by atoms with van der Waals surface area (Å²) in [4.78, 5) is 2.35. The molecule has 1 saturated heterocycles. The third-order valence-electron chi connectivity index (χ3n) is 2.37. The standard InChI is InChI=1S/C9H16N2O/c1-12-8-9-4-2-6-11(9)7-3-5-10/h9H,2-4,6-8H2,1H3/t9-/m1/s1. The third-order valence-corrected chi connectivity index (χ3v) is 2.37. The molecule has 68 valence electrons. The van der Waals surface area contributed by atoms with E-state index in [9.17, 15) is 0 Å². The number of hydrogen-bond donors (Lipinski definition) is 0. The molecule has 0 radical (unpaired) electrons. The Kier molecular flexibility index (Phi) is 4.06. The Hall–Kier alpha value is -0.590. The molecule has 0 aromatic rings. The normalized spacial score (nSPS) is 24.2. The minimum absolute atomic E-state index is 0.559. The molecule has 1 fully saturated rings.